The highest BCUT2D eigenvalue weighted by Gasteiger charge is 2.29. The van der Waals surface area contributed by atoms with Crippen molar-refractivity contribution in [1.29, 1.82) is 0 Å². The lowest BCUT2D eigenvalue weighted by molar-refractivity contribution is -0.118. The fourth-order valence-electron chi connectivity index (χ4n) is 2.67. The van der Waals surface area contributed by atoms with E-state index in [1.807, 2.05) is 12.1 Å². The summed E-state index contributed by atoms with van der Waals surface area (Å²) < 4.78 is 1.80. The number of aromatic nitrogens is 2. The Morgan fingerprint density at radius 1 is 1.52 bits per heavy atom. The zero-order chi connectivity index (χ0) is 14.8. The van der Waals surface area contributed by atoms with E-state index in [1.165, 1.54) is 0 Å². The molecular weight excluding hydrogens is 288 g/mol. The average Bonchev–Trinajstić information content (AvgIpc) is 3.10. The number of para-hydroxylation sites is 1. The molecule has 1 saturated heterocycles. The molecule has 2 aromatic rings. The van der Waals surface area contributed by atoms with E-state index in [1.54, 1.807) is 29.4 Å². The van der Waals surface area contributed by atoms with Crippen LogP contribution in [-0.4, -0.2) is 28.0 Å². The molecule has 1 amide bonds. The van der Waals surface area contributed by atoms with E-state index in [9.17, 15) is 4.79 Å². The number of carbonyl (C=O) groups is 1. The first-order valence-corrected chi connectivity index (χ1v) is 7.35. The molecule has 2 unspecified atom stereocenters. The maximum absolute atomic E-state index is 12.4. The maximum atomic E-state index is 12.4. The highest BCUT2D eigenvalue weighted by Crippen LogP contribution is 2.29. The molecule has 1 aromatic carbocycles. The third-order valence-corrected chi connectivity index (χ3v) is 4.13. The van der Waals surface area contributed by atoms with Crippen molar-refractivity contribution >= 4 is 23.2 Å². The molecule has 3 rings (SSSR count). The van der Waals surface area contributed by atoms with Crippen molar-refractivity contribution in [3.63, 3.8) is 0 Å². The van der Waals surface area contributed by atoms with Crippen molar-refractivity contribution in [2.24, 2.45) is 5.92 Å². The van der Waals surface area contributed by atoms with Crippen LogP contribution < -0.4 is 10.6 Å². The highest BCUT2D eigenvalue weighted by atomic mass is 35.5. The number of hydrogen-bond acceptors (Lipinski definition) is 3. The second kappa shape index (κ2) is 5.87. The van der Waals surface area contributed by atoms with Crippen LogP contribution >= 0.6 is 11.6 Å². The summed E-state index contributed by atoms with van der Waals surface area (Å²) in [5.41, 5.74) is 1.42. The van der Waals surface area contributed by atoms with E-state index in [-0.39, 0.29) is 11.9 Å². The van der Waals surface area contributed by atoms with Crippen molar-refractivity contribution in [3.05, 3.63) is 41.9 Å². The van der Waals surface area contributed by atoms with Gasteiger partial charge in [-0.25, -0.2) is 4.98 Å². The first-order chi connectivity index (χ1) is 10.2. The van der Waals surface area contributed by atoms with E-state index in [2.05, 4.69) is 22.5 Å². The van der Waals surface area contributed by atoms with Gasteiger partial charge in [-0.15, -0.1) is 0 Å². The summed E-state index contributed by atoms with van der Waals surface area (Å²) in [5, 5.41) is 6.78. The predicted molar refractivity (Wildman–Crippen MR) is 82.8 cm³/mol. The SMILES string of the molecule is CC1CCNC1C(=O)Nc1cccc(Cl)c1-n1ccnc1. The van der Waals surface area contributed by atoms with Gasteiger partial charge in [-0.3, -0.25) is 4.79 Å². The van der Waals surface area contributed by atoms with Crippen LogP contribution in [0.3, 0.4) is 0 Å². The number of rotatable bonds is 3. The Bertz CT molecular complexity index is 641. The van der Waals surface area contributed by atoms with Gasteiger partial charge in [0.05, 0.1) is 28.8 Å². The summed E-state index contributed by atoms with van der Waals surface area (Å²) in [4.78, 5) is 16.4. The monoisotopic (exact) mass is 304 g/mol. The van der Waals surface area contributed by atoms with Crippen molar-refractivity contribution in [1.82, 2.24) is 14.9 Å². The minimum absolute atomic E-state index is 0.0244. The average molecular weight is 305 g/mol. The molecule has 0 aliphatic carbocycles. The van der Waals surface area contributed by atoms with Crippen LogP contribution in [-0.2, 0) is 4.79 Å². The lowest BCUT2D eigenvalue weighted by atomic mass is 10.0. The van der Waals surface area contributed by atoms with E-state index in [0.717, 1.165) is 18.7 Å². The van der Waals surface area contributed by atoms with Gasteiger partial charge in [0.1, 0.15) is 0 Å². The first-order valence-electron chi connectivity index (χ1n) is 6.98. The van der Waals surface area contributed by atoms with Gasteiger partial charge in [-0.2, -0.15) is 0 Å². The smallest absolute Gasteiger partial charge is 0.241 e. The van der Waals surface area contributed by atoms with Crippen molar-refractivity contribution in [2.75, 3.05) is 11.9 Å². The molecule has 1 aliphatic rings. The summed E-state index contributed by atoms with van der Waals surface area (Å²) in [6.45, 7) is 2.96. The Kier molecular flexibility index (Phi) is 3.94. The number of halogens is 1. The van der Waals surface area contributed by atoms with E-state index >= 15 is 0 Å². The molecule has 2 N–H and O–H groups in total. The van der Waals surface area contributed by atoms with Crippen LogP contribution in [0.5, 0.6) is 0 Å². The van der Waals surface area contributed by atoms with Gasteiger partial charge in [0, 0.05) is 12.4 Å². The van der Waals surface area contributed by atoms with Crippen molar-refractivity contribution in [2.45, 2.75) is 19.4 Å². The normalized spacial score (nSPS) is 21.4. The molecule has 1 aromatic heterocycles. The molecule has 5 nitrogen and oxygen atoms in total. The molecule has 2 heterocycles. The molecule has 0 radical (unpaired) electrons. The third-order valence-electron chi connectivity index (χ3n) is 3.82. The number of nitrogens with one attached hydrogen (secondary N) is 2. The zero-order valence-electron chi connectivity index (χ0n) is 11.7. The minimum Gasteiger partial charge on any atom is -0.323 e. The van der Waals surface area contributed by atoms with Crippen LogP contribution in [0.2, 0.25) is 5.02 Å². The predicted octanol–water partition coefficient (Wildman–Crippen LogP) is 2.46. The Balaban J connectivity index is 1.89. The molecule has 110 valence electrons. The van der Waals surface area contributed by atoms with Gasteiger partial charge < -0.3 is 15.2 Å². The Labute approximate surface area is 128 Å². The maximum Gasteiger partial charge on any atom is 0.241 e. The summed E-state index contributed by atoms with van der Waals surface area (Å²) in [6.07, 6.45) is 6.15. The summed E-state index contributed by atoms with van der Waals surface area (Å²) in [5.74, 6) is 0.310. The second-order valence-corrected chi connectivity index (χ2v) is 5.70. The number of benzene rings is 1. The molecule has 0 saturated carbocycles. The van der Waals surface area contributed by atoms with Crippen LogP contribution in [0.15, 0.2) is 36.9 Å². The van der Waals surface area contributed by atoms with Crippen LogP contribution in [0.4, 0.5) is 5.69 Å². The number of amides is 1. The molecule has 0 bridgehead atoms. The number of anilines is 1. The number of nitrogens with zero attached hydrogens (tertiary/aromatic N) is 2. The fraction of sp³-hybridized carbons (Fsp3) is 0.333. The minimum atomic E-state index is -0.153. The summed E-state index contributed by atoms with van der Waals surface area (Å²) in [7, 11) is 0. The van der Waals surface area contributed by atoms with Crippen LogP contribution in [0.25, 0.3) is 5.69 Å². The second-order valence-electron chi connectivity index (χ2n) is 5.29. The lowest BCUT2D eigenvalue weighted by Gasteiger charge is -2.18. The van der Waals surface area contributed by atoms with Crippen molar-refractivity contribution in [3.8, 4) is 5.69 Å². The number of carbonyl (C=O) groups excluding carboxylic acids is 1. The summed E-state index contributed by atoms with van der Waals surface area (Å²) >= 11 is 6.28. The third kappa shape index (κ3) is 2.80. The van der Waals surface area contributed by atoms with E-state index in [0.29, 0.717) is 16.6 Å². The number of imidazole rings is 1. The first kappa shape index (κ1) is 14.1. The molecule has 0 spiro atoms. The largest absolute Gasteiger partial charge is 0.323 e. The van der Waals surface area contributed by atoms with E-state index in [4.69, 9.17) is 11.6 Å². The van der Waals surface area contributed by atoms with Gasteiger partial charge in [-0.05, 0) is 31.0 Å². The molecule has 1 fully saturated rings. The molecule has 2 atom stereocenters. The number of hydrogen-bond donors (Lipinski definition) is 2. The molecule has 1 aliphatic heterocycles. The summed E-state index contributed by atoms with van der Waals surface area (Å²) in [6, 6.07) is 5.31. The molecule has 21 heavy (non-hydrogen) atoms. The molecule has 6 heteroatoms. The van der Waals surface area contributed by atoms with Crippen molar-refractivity contribution < 1.29 is 4.79 Å². The lowest BCUT2D eigenvalue weighted by Crippen LogP contribution is -2.39. The Morgan fingerprint density at radius 3 is 3.05 bits per heavy atom. The molecular formula is C15H17ClN4O. The fourth-order valence-corrected chi connectivity index (χ4v) is 2.94. The topological polar surface area (TPSA) is 59.0 Å². The Hall–Kier alpha value is -1.85. The zero-order valence-corrected chi connectivity index (χ0v) is 12.5. The van der Waals surface area contributed by atoms with Gasteiger partial charge in [0.15, 0.2) is 0 Å². The Morgan fingerprint density at radius 2 is 2.38 bits per heavy atom. The van der Waals surface area contributed by atoms with Crippen LogP contribution in [0, 0.1) is 5.92 Å². The van der Waals surface area contributed by atoms with Crippen LogP contribution in [0.1, 0.15) is 13.3 Å². The van der Waals surface area contributed by atoms with Gasteiger partial charge in [-0.1, -0.05) is 24.6 Å². The van der Waals surface area contributed by atoms with Gasteiger partial charge in [0.2, 0.25) is 5.91 Å². The van der Waals surface area contributed by atoms with Gasteiger partial charge >= 0.3 is 0 Å². The highest BCUT2D eigenvalue weighted by molar-refractivity contribution is 6.33. The van der Waals surface area contributed by atoms with Gasteiger partial charge in [0.25, 0.3) is 0 Å². The standard InChI is InChI=1S/C15H17ClN4O/c1-10-5-6-18-13(10)15(21)19-12-4-2-3-11(16)14(12)20-8-7-17-9-20/h2-4,7-10,13,18H,5-6H2,1H3,(H,19,21). The quantitative estimate of drug-likeness (QED) is 0.916. The van der Waals surface area contributed by atoms with E-state index < -0.39 is 0 Å².